The van der Waals surface area contributed by atoms with Crippen molar-refractivity contribution in [2.75, 3.05) is 13.2 Å². The van der Waals surface area contributed by atoms with Gasteiger partial charge in [-0.15, -0.1) is 0 Å². The highest BCUT2D eigenvalue weighted by atomic mass is 17.1. The van der Waals surface area contributed by atoms with Gasteiger partial charge in [0.05, 0.1) is 12.2 Å². The maximum atomic E-state index is 12.5. The highest BCUT2D eigenvalue weighted by Gasteiger charge is 2.25. The van der Waals surface area contributed by atoms with Crippen molar-refractivity contribution in [1.29, 1.82) is 0 Å². The minimum atomic E-state index is -0.243. The molecule has 1 fully saturated rings. The Morgan fingerprint density at radius 3 is 2.62 bits per heavy atom. The number of ketones is 1. The standard InChI is InChI=1S/C16H14O5/c17-15(11-5-2-1-3-6-11)13-7-4-8-14(16(13)21-18)20-10-12-9-19-12/h1-8,12,18H,9-10H2. The molecule has 108 valence electrons. The number of para-hydroxylation sites is 1. The molecule has 2 aromatic rings. The number of epoxide rings is 1. The van der Waals surface area contributed by atoms with Gasteiger partial charge in [-0.1, -0.05) is 36.4 Å². The summed E-state index contributed by atoms with van der Waals surface area (Å²) in [7, 11) is 0. The Bertz CT molecular complexity index is 634. The number of carbonyl (C=O) groups is 1. The first-order valence-electron chi connectivity index (χ1n) is 6.58. The van der Waals surface area contributed by atoms with Gasteiger partial charge in [0.15, 0.2) is 11.5 Å². The van der Waals surface area contributed by atoms with E-state index in [0.717, 1.165) is 0 Å². The Morgan fingerprint density at radius 2 is 1.95 bits per heavy atom. The normalized spacial score (nSPS) is 16.3. The fraction of sp³-hybridized carbons (Fsp3) is 0.188. The molecular weight excluding hydrogens is 272 g/mol. The molecular formula is C16H14O5. The molecule has 0 amide bonds. The average Bonchev–Trinajstić information content (AvgIpc) is 3.37. The van der Waals surface area contributed by atoms with Gasteiger partial charge in [0.1, 0.15) is 12.7 Å². The van der Waals surface area contributed by atoms with Crippen LogP contribution in [0.4, 0.5) is 0 Å². The summed E-state index contributed by atoms with van der Waals surface area (Å²) in [6.45, 7) is 1.03. The Kier molecular flexibility index (Phi) is 3.85. The van der Waals surface area contributed by atoms with Crippen molar-refractivity contribution in [1.82, 2.24) is 0 Å². The zero-order chi connectivity index (χ0) is 14.7. The van der Waals surface area contributed by atoms with Crippen LogP contribution >= 0.6 is 0 Å². The predicted molar refractivity (Wildman–Crippen MR) is 74.8 cm³/mol. The summed E-state index contributed by atoms with van der Waals surface area (Å²) in [4.78, 5) is 16.8. The SMILES string of the molecule is O=C(c1ccccc1)c1cccc(OCC2CO2)c1OO. The second kappa shape index (κ2) is 5.95. The van der Waals surface area contributed by atoms with Gasteiger partial charge in [-0.3, -0.25) is 4.79 Å². The Labute approximate surface area is 121 Å². The van der Waals surface area contributed by atoms with Gasteiger partial charge >= 0.3 is 0 Å². The molecule has 0 spiro atoms. The van der Waals surface area contributed by atoms with Crippen molar-refractivity contribution < 1.29 is 24.4 Å². The van der Waals surface area contributed by atoms with Crippen molar-refractivity contribution in [2.24, 2.45) is 0 Å². The summed E-state index contributed by atoms with van der Waals surface area (Å²) >= 11 is 0. The lowest BCUT2D eigenvalue weighted by molar-refractivity contribution is -0.139. The number of carbonyl (C=O) groups excluding carboxylic acids is 1. The second-order valence-corrected chi connectivity index (χ2v) is 4.69. The molecule has 0 radical (unpaired) electrons. The molecule has 1 unspecified atom stereocenters. The van der Waals surface area contributed by atoms with Gasteiger partial charge < -0.3 is 14.4 Å². The van der Waals surface area contributed by atoms with Crippen LogP contribution in [0.5, 0.6) is 11.5 Å². The summed E-state index contributed by atoms with van der Waals surface area (Å²) in [5, 5.41) is 9.11. The lowest BCUT2D eigenvalue weighted by Gasteiger charge is -2.11. The van der Waals surface area contributed by atoms with Crippen molar-refractivity contribution in [3.63, 3.8) is 0 Å². The smallest absolute Gasteiger partial charge is 0.217 e. The number of hydrogen-bond donors (Lipinski definition) is 1. The van der Waals surface area contributed by atoms with Crippen molar-refractivity contribution in [2.45, 2.75) is 6.10 Å². The van der Waals surface area contributed by atoms with Gasteiger partial charge in [-0.25, -0.2) is 5.26 Å². The quantitative estimate of drug-likeness (QED) is 0.382. The van der Waals surface area contributed by atoms with Crippen LogP contribution in [0.3, 0.4) is 0 Å². The number of hydrogen-bond acceptors (Lipinski definition) is 5. The van der Waals surface area contributed by atoms with Gasteiger partial charge in [0, 0.05) is 5.56 Å². The van der Waals surface area contributed by atoms with E-state index in [9.17, 15) is 4.79 Å². The zero-order valence-corrected chi connectivity index (χ0v) is 11.2. The van der Waals surface area contributed by atoms with Gasteiger partial charge in [0.25, 0.3) is 0 Å². The molecule has 1 aliphatic rings. The predicted octanol–water partition coefficient (Wildman–Crippen LogP) is 2.55. The number of rotatable bonds is 6. The van der Waals surface area contributed by atoms with Crippen LogP contribution in [0, 0.1) is 0 Å². The van der Waals surface area contributed by atoms with Crippen LogP contribution in [-0.2, 0) is 4.74 Å². The molecule has 1 aliphatic heterocycles. The van der Waals surface area contributed by atoms with Crippen LogP contribution in [0.2, 0.25) is 0 Å². The second-order valence-electron chi connectivity index (χ2n) is 4.69. The summed E-state index contributed by atoms with van der Waals surface area (Å²) in [6, 6.07) is 13.7. The summed E-state index contributed by atoms with van der Waals surface area (Å²) in [5.74, 6) is 0.0922. The minimum Gasteiger partial charge on any atom is -0.487 e. The van der Waals surface area contributed by atoms with Gasteiger partial charge in [0.2, 0.25) is 5.75 Å². The van der Waals surface area contributed by atoms with E-state index < -0.39 is 0 Å². The first-order valence-corrected chi connectivity index (χ1v) is 6.58. The first kappa shape index (κ1) is 13.6. The third kappa shape index (κ3) is 3.04. The monoisotopic (exact) mass is 286 g/mol. The lowest BCUT2D eigenvalue weighted by Crippen LogP contribution is -2.08. The van der Waals surface area contributed by atoms with Crippen LogP contribution in [0.1, 0.15) is 15.9 Å². The molecule has 5 heteroatoms. The van der Waals surface area contributed by atoms with Crippen LogP contribution in [0.15, 0.2) is 48.5 Å². The fourth-order valence-corrected chi connectivity index (χ4v) is 1.99. The molecule has 1 atom stereocenters. The summed E-state index contributed by atoms with van der Waals surface area (Å²) < 4.78 is 10.6. The molecule has 3 rings (SSSR count). The van der Waals surface area contributed by atoms with E-state index in [1.165, 1.54) is 0 Å². The van der Waals surface area contributed by atoms with Crippen molar-refractivity contribution >= 4 is 5.78 Å². The van der Waals surface area contributed by atoms with E-state index in [1.807, 2.05) is 6.07 Å². The van der Waals surface area contributed by atoms with Gasteiger partial charge in [-0.2, -0.15) is 0 Å². The van der Waals surface area contributed by atoms with E-state index in [1.54, 1.807) is 42.5 Å². The van der Waals surface area contributed by atoms with Crippen molar-refractivity contribution in [3.8, 4) is 11.5 Å². The highest BCUT2D eigenvalue weighted by Crippen LogP contribution is 2.33. The molecule has 0 aliphatic carbocycles. The third-order valence-corrected chi connectivity index (χ3v) is 3.18. The van der Waals surface area contributed by atoms with Crippen LogP contribution < -0.4 is 9.62 Å². The maximum absolute atomic E-state index is 12.5. The Balaban J connectivity index is 1.90. The largest absolute Gasteiger partial charge is 0.487 e. The minimum absolute atomic E-state index is 0.0204. The topological polar surface area (TPSA) is 68.3 Å². The number of ether oxygens (including phenoxy) is 2. The average molecular weight is 286 g/mol. The maximum Gasteiger partial charge on any atom is 0.217 e. The van der Waals surface area contributed by atoms with E-state index in [-0.39, 0.29) is 23.2 Å². The summed E-state index contributed by atoms with van der Waals surface area (Å²) in [5.41, 5.74) is 0.761. The fourth-order valence-electron chi connectivity index (χ4n) is 1.99. The van der Waals surface area contributed by atoms with E-state index >= 15 is 0 Å². The number of benzene rings is 2. The van der Waals surface area contributed by atoms with Crippen molar-refractivity contribution in [3.05, 3.63) is 59.7 Å². The molecule has 1 N–H and O–H groups in total. The summed E-state index contributed by atoms with van der Waals surface area (Å²) in [6.07, 6.45) is 0.0741. The lowest BCUT2D eigenvalue weighted by atomic mass is 10.0. The van der Waals surface area contributed by atoms with Gasteiger partial charge in [-0.05, 0) is 12.1 Å². The van der Waals surface area contributed by atoms with Crippen LogP contribution in [0.25, 0.3) is 0 Å². The van der Waals surface area contributed by atoms with Crippen LogP contribution in [-0.4, -0.2) is 30.4 Å². The molecule has 1 heterocycles. The van der Waals surface area contributed by atoms with E-state index in [4.69, 9.17) is 14.7 Å². The highest BCUT2D eigenvalue weighted by molar-refractivity contribution is 6.11. The molecule has 0 bridgehead atoms. The molecule has 0 saturated carbocycles. The molecule has 21 heavy (non-hydrogen) atoms. The van der Waals surface area contributed by atoms with E-state index in [0.29, 0.717) is 24.5 Å². The Morgan fingerprint density at radius 1 is 1.19 bits per heavy atom. The van der Waals surface area contributed by atoms with E-state index in [2.05, 4.69) is 4.89 Å². The zero-order valence-electron chi connectivity index (χ0n) is 11.2. The molecule has 0 aromatic heterocycles. The molecule has 1 saturated heterocycles. The molecule has 5 nitrogen and oxygen atoms in total. The molecule has 2 aromatic carbocycles. The third-order valence-electron chi connectivity index (χ3n) is 3.18. The Hall–Kier alpha value is -2.37. The first-order chi connectivity index (χ1) is 10.3.